The number of amides is 2. The standard InChI is InChI=1S/C16H20N4O2S/c1-22-13-9-7-12(8-10-13)17-15(21)18-16-20-19-14(23-16)11-5-3-2-4-6-11/h7-11H,2-6H2,1H3,(H2,17,18,20,21). The highest BCUT2D eigenvalue weighted by Crippen LogP contribution is 2.35. The maximum absolute atomic E-state index is 12.0. The fraction of sp³-hybridized carbons (Fsp3) is 0.438. The highest BCUT2D eigenvalue weighted by atomic mass is 32.1. The number of rotatable bonds is 4. The second-order valence-electron chi connectivity index (χ2n) is 5.59. The lowest BCUT2D eigenvalue weighted by Crippen LogP contribution is -2.19. The SMILES string of the molecule is COc1ccc(NC(=O)Nc2nnc(C3CCCCC3)s2)cc1. The van der Waals surface area contributed by atoms with Gasteiger partial charge in [-0.2, -0.15) is 0 Å². The summed E-state index contributed by atoms with van der Waals surface area (Å²) in [5.74, 6) is 1.25. The van der Waals surface area contributed by atoms with Gasteiger partial charge in [-0.15, -0.1) is 10.2 Å². The summed E-state index contributed by atoms with van der Waals surface area (Å²) in [6.07, 6.45) is 6.17. The number of hydrogen-bond donors (Lipinski definition) is 2. The number of carbonyl (C=O) groups excluding carboxylic acids is 1. The summed E-state index contributed by atoms with van der Waals surface area (Å²) in [5.41, 5.74) is 0.695. The normalized spacial score (nSPS) is 15.2. The van der Waals surface area contributed by atoms with Crippen molar-refractivity contribution in [1.82, 2.24) is 10.2 Å². The Labute approximate surface area is 139 Å². The van der Waals surface area contributed by atoms with Gasteiger partial charge in [-0.3, -0.25) is 5.32 Å². The molecule has 0 bridgehead atoms. The van der Waals surface area contributed by atoms with E-state index in [1.165, 1.54) is 43.4 Å². The number of ether oxygens (including phenoxy) is 1. The first kappa shape index (κ1) is 15.7. The average Bonchev–Trinajstić information content (AvgIpc) is 3.04. The van der Waals surface area contributed by atoms with Gasteiger partial charge in [0.05, 0.1) is 7.11 Å². The minimum Gasteiger partial charge on any atom is -0.497 e. The van der Waals surface area contributed by atoms with Gasteiger partial charge in [0.1, 0.15) is 10.8 Å². The molecular weight excluding hydrogens is 312 g/mol. The lowest BCUT2D eigenvalue weighted by Gasteiger charge is -2.18. The predicted molar refractivity (Wildman–Crippen MR) is 91.4 cm³/mol. The summed E-state index contributed by atoms with van der Waals surface area (Å²) in [5, 5.41) is 15.4. The Morgan fingerprint density at radius 2 is 1.87 bits per heavy atom. The van der Waals surface area contributed by atoms with Crippen LogP contribution in [0.15, 0.2) is 24.3 Å². The molecule has 1 aromatic carbocycles. The van der Waals surface area contributed by atoms with E-state index in [1.807, 2.05) is 0 Å². The van der Waals surface area contributed by atoms with E-state index in [2.05, 4.69) is 20.8 Å². The van der Waals surface area contributed by atoms with Crippen molar-refractivity contribution in [2.45, 2.75) is 38.0 Å². The van der Waals surface area contributed by atoms with Crippen molar-refractivity contribution >= 4 is 28.2 Å². The largest absolute Gasteiger partial charge is 0.497 e. The number of urea groups is 1. The molecule has 0 unspecified atom stereocenters. The lowest BCUT2D eigenvalue weighted by atomic mass is 9.90. The maximum Gasteiger partial charge on any atom is 0.325 e. The van der Waals surface area contributed by atoms with Crippen LogP contribution in [0.3, 0.4) is 0 Å². The molecular formula is C16H20N4O2S. The molecule has 1 aromatic heterocycles. The van der Waals surface area contributed by atoms with E-state index >= 15 is 0 Å². The fourth-order valence-electron chi connectivity index (χ4n) is 2.73. The molecule has 1 aliphatic carbocycles. The molecule has 0 aliphatic heterocycles. The first-order valence-corrected chi connectivity index (χ1v) is 8.61. The Kier molecular flexibility index (Phi) is 5.07. The monoisotopic (exact) mass is 332 g/mol. The van der Waals surface area contributed by atoms with Crippen molar-refractivity contribution in [3.05, 3.63) is 29.3 Å². The van der Waals surface area contributed by atoms with Crippen LogP contribution in [0.1, 0.15) is 43.0 Å². The molecule has 1 saturated carbocycles. The molecule has 6 nitrogen and oxygen atoms in total. The fourth-order valence-corrected chi connectivity index (χ4v) is 3.64. The van der Waals surface area contributed by atoms with E-state index in [-0.39, 0.29) is 6.03 Å². The summed E-state index contributed by atoms with van der Waals surface area (Å²) in [6, 6.07) is 6.84. The van der Waals surface area contributed by atoms with E-state index in [4.69, 9.17) is 4.74 Å². The molecule has 0 saturated heterocycles. The molecule has 2 amide bonds. The van der Waals surface area contributed by atoms with Crippen LogP contribution in [-0.4, -0.2) is 23.3 Å². The van der Waals surface area contributed by atoms with Gasteiger partial charge in [0.15, 0.2) is 0 Å². The van der Waals surface area contributed by atoms with Crippen molar-refractivity contribution in [2.75, 3.05) is 17.7 Å². The highest BCUT2D eigenvalue weighted by molar-refractivity contribution is 7.15. The van der Waals surface area contributed by atoms with Crippen LogP contribution in [-0.2, 0) is 0 Å². The Bertz CT molecular complexity index is 650. The van der Waals surface area contributed by atoms with Gasteiger partial charge in [-0.1, -0.05) is 30.6 Å². The Hall–Kier alpha value is -2.15. The Morgan fingerprint density at radius 1 is 1.13 bits per heavy atom. The first-order valence-electron chi connectivity index (χ1n) is 7.80. The molecule has 7 heteroatoms. The van der Waals surface area contributed by atoms with Crippen molar-refractivity contribution < 1.29 is 9.53 Å². The van der Waals surface area contributed by atoms with Crippen molar-refractivity contribution in [3.63, 3.8) is 0 Å². The Balaban J connectivity index is 1.55. The van der Waals surface area contributed by atoms with E-state index in [0.29, 0.717) is 16.7 Å². The number of carbonyl (C=O) groups is 1. The zero-order valence-corrected chi connectivity index (χ0v) is 13.9. The van der Waals surface area contributed by atoms with Gasteiger partial charge >= 0.3 is 6.03 Å². The molecule has 0 spiro atoms. The van der Waals surface area contributed by atoms with Crippen LogP contribution in [0.4, 0.5) is 15.6 Å². The average molecular weight is 332 g/mol. The number of benzene rings is 1. The van der Waals surface area contributed by atoms with Crippen LogP contribution in [0.2, 0.25) is 0 Å². The van der Waals surface area contributed by atoms with Gasteiger partial charge in [0.2, 0.25) is 5.13 Å². The molecule has 2 N–H and O–H groups in total. The van der Waals surface area contributed by atoms with Crippen molar-refractivity contribution in [3.8, 4) is 5.75 Å². The summed E-state index contributed by atoms with van der Waals surface area (Å²) in [7, 11) is 1.61. The van der Waals surface area contributed by atoms with Gasteiger partial charge in [-0.25, -0.2) is 4.79 Å². The zero-order valence-electron chi connectivity index (χ0n) is 13.0. The summed E-state index contributed by atoms with van der Waals surface area (Å²) in [4.78, 5) is 12.0. The molecule has 1 aliphatic rings. The minimum atomic E-state index is -0.318. The van der Waals surface area contributed by atoms with Crippen LogP contribution >= 0.6 is 11.3 Å². The van der Waals surface area contributed by atoms with E-state index in [9.17, 15) is 4.79 Å². The predicted octanol–water partition coefficient (Wildman–Crippen LogP) is 4.24. The van der Waals surface area contributed by atoms with Gasteiger partial charge in [0.25, 0.3) is 0 Å². The minimum absolute atomic E-state index is 0.318. The second-order valence-corrected chi connectivity index (χ2v) is 6.60. The van der Waals surface area contributed by atoms with Crippen LogP contribution in [0.25, 0.3) is 0 Å². The van der Waals surface area contributed by atoms with E-state index < -0.39 is 0 Å². The third-order valence-electron chi connectivity index (χ3n) is 3.96. The highest BCUT2D eigenvalue weighted by Gasteiger charge is 2.20. The number of anilines is 2. The lowest BCUT2D eigenvalue weighted by molar-refractivity contribution is 0.262. The van der Waals surface area contributed by atoms with Crippen LogP contribution in [0.5, 0.6) is 5.75 Å². The number of nitrogens with one attached hydrogen (secondary N) is 2. The summed E-state index contributed by atoms with van der Waals surface area (Å²) < 4.78 is 5.09. The summed E-state index contributed by atoms with van der Waals surface area (Å²) >= 11 is 1.47. The molecule has 1 heterocycles. The van der Waals surface area contributed by atoms with Crippen LogP contribution in [0, 0.1) is 0 Å². The number of methoxy groups -OCH3 is 1. The summed E-state index contributed by atoms with van der Waals surface area (Å²) in [6.45, 7) is 0. The third kappa shape index (κ3) is 4.19. The van der Waals surface area contributed by atoms with Gasteiger partial charge in [0, 0.05) is 11.6 Å². The van der Waals surface area contributed by atoms with Gasteiger partial charge < -0.3 is 10.1 Å². The van der Waals surface area contributed by atoms with Crippen molar-refractivity contribution in [1.29, 1.82) is 0 Å². The Morgan fingerprint density at radius 3 is 2.57 bits per heavy atom. The molecule has 0 atom stereocenters. The first-order chi connectivity index (χ1) is 11.2. The number of aromatic nitrogens is 2. The topological polar surface area (TPSA) is 76.1 Å². The number of nitrogens with zero attached hydrogens (tertiary/aromatic N) is 2. The third-order valence-corrected chi connectivity index (χ3v) is 4.96. The van der Waals surface area contributed by atoms with E-state index in [0.717, 1.165) is 10.8 Å². The maximum atomic E-state index is 12.0. The van der Waals surface area contributed by atoms with Crippen LogP contribution < -0.4 is 15.4 Å². The molecule has 3 rings (SSSR count). The molecule has 23 heavy (non-hydrogen) atoms. The van der Waals surface area contributed by atoms with E-state index in [1.54, 1.807) is 31.4 Å². The smallest absolute Gasteiger partial charge is 0.325 e. The molecule has 1 fully saturated rings. The zero-order chi connectivity index (χ0) is 16.1. The molecule has 122 valence electrons. The molecule has 2 aromatic rings. The quantitative estimate of drug-likeness (QED) is 0.878. The molecule has 0 radical (unpaired) electrons. The second kappa shape index (κ2) is 7.41. The van der Waals surface area contributed by atoms with Gasteiger partial charge in [-0.05, 0) is 37.1 Å². The number of hydrogen-bond acceptors (Lipinski definition) is 5. The van der Waals surface area contributed by atoms with Crippen molar-refractivity contribution in [2.24, 2.45) is 0 Å².